The van der Waals surface area contributed by atoms with Crippen molar-refractivity contribution in [1.82, 2.24) is 0 Å². The number of ether oxygens (including phenoxy) is 2. The molecule has 0 radical (unpaired) electrons. The molecule has 0 spiro atoms. The highest BCUT2D eigenvalue weighted by molar-refractivity contribution is 6.05. The summed E-state index contributed by atoms with van der Waals surface area (Å²) < 4.78 is 10.9. The van der Waals surface area contributed by atoms with Gasteiger partial charge in [-0.15, -0.1) is 0 Å². The lowest BCUT2D eigenvalue weighted by Gasteiger charge is -2.29. The number of carbonyl (C=O) groups excluding carboxylic acids is 1. The van der Waals surface area contributed by atoms with Crippen molar-refractivity contribution in [3.63, 3.8) is 0 Å². The third-order valence-electron chi connectivity index (χ3n) is 5.41. The molecule has 0 unspecified atom stereocenters. The van der Waals surface area contributed by atoms with Gasteiger partial charge in [0, 0.05) is 43.1 Å². The lowest BCUT2D eigenvalue weighted by atomic mass is 10.1. The topological polar surface area (TPSA) is 54.0 Å². The number of benzene rings is 2. The number of anilines is 3. The molecule has 2 aliphatic heterocycles. The summed E-state index contributed by atoms with van der Waals surface area (Å²) in [5, 5.41) is 3.01. The summed E-state index contributed by atoms with van der Waals surface area (Å²) in [4.78, 5) is 17.4. The van der Waals surface area contributed by atoms with Gasteiger partial charge < -0.3 is 24.6 Å². The van der Waals surface area contributed by atoms with Gasteiger partial charge in [0.15, 0.2) is 0 Å². The zero-order valence-corrected chi connectivity index (χ0v) is 16.3. The van der Waals surface area contributed by atoms with Gasteiger partial charge >= 0.3 is 0 Å². The van der Waals surface area contributed by atoms with Crippen molar-refractivity contribution in [3.05, 3.63) is 48.0 Å². The van der Waals surface area contributed by atoms with Gasteiger partial charge in [0.25, 0.3) is 5.91 Å². The zero-order chi connectivity index (χ0) is 19.3. The lowest BCUT2D eigenvalue weighted by Crippen LogP contribution is -2.36. The van der Waals surface area contributed by atoms with E-state index in [1.807, 2.05) is 42.5 Å². The number of hydrogen-bond donors (Lipinski definition) is 1. The van der Waals surface area contributed by atoms with Crippen molar-refractivity contribution in [2.45, 2.75) is 12.8 Å². The molecule has 2 aromatic rings. The van der Waals surface area contributed by atoms with Gasteiger partial charge in [-0.25, -0.2) is 0 Å². The quantitative estimate of drug-likeness (QED) is 0.860. The first-order valence-electron chi connectivity index (χ1n) is 9.92. The van der Waals surface area contributed by atoms with Crippen LogP contribution in [0.25, 0.3) is 0 Å². The molecule has 6 nitrogen and oxygen atoms in total. The van der Waals surface area contributed by atoms with Gasteiger partial charge in [-0.1, -0.05) is 0 Å². The van der Waals surface area contributed by atoms with E-state index in [2.05, 4.69) is 15.1 Å². The molecule has 0 bridgehead atoms. The Morgan fingerprint density at radius 1 is 0.929 bits per heavy atom. The average Bonchev–Trinajstić information content (AvgIpc) is 3.29. The highest BCUT2D eigenvalue weighted by atomic mass is 16.5. The van der Waals surface area contributed by atoms with Crippen molar-refractivity contribution in [1.29, 1.82) is 0 Å². The normalized spacial score (nSPS) is 16.9. The summed E-state index contributed by atoms with van der Waals surface area (Å²) in [6.07, 6.45) is 2.48. The molecule has 2 heterocycles. The molecule has 0 saturated carbocycles. The Kier molecular flexibility index (Phi) is 5.67. The van der Waals surface area contributed by atoms with Crippen LogP contribution in [0, 0.1) is 0 Å². The van der Waals surface area contributed by atoms with E-state index in [1.54, 1.807) is 7.11 Å². The van der Waals surface area contributed by atoms with E-state index in [1.165, 1.54) is 18.5 Å². The fraction of sp³-hybridized carbons (Fsp3) is 0.409. The number of amides is 1. The van der Waals surface area contributed by atoms with E-state index in [4.69, 9.17) is 9.47 Å². The van der Waals surface area contributed by atoms with Crippen molar-refractivity contribution < 1.29 is 14.3 Å². The number of nitrogens with zero attached hydrogens (tertiary/aromatic N) is 2. The highest BCUT2D eigenvalue weighted by Gasteiger charge is 2.16. The highest BCUT2D eigenvalue weighted by Crippen LogP contribution is 2.30. The predicted molar refractivity (Wildman–Crippen MR) is 112 cm³/mol. The smallest absolute Gasteiger partial charge is 0.255 e. The first-order valence-corrected chi connectivity index (χ1v) is 9.92. The van der Waals surface area contributed by atoms with E-state index in [0.29, 0.717) is 17.0 Å². The standard InChI is InChI=1S/C22H27N3O3/c1-27-21-9-8-19(25-12-14-28-15-13-25)16-20(21)23-22(26)17-4-6-18(7-5-17)24-10-2-3-11-24/h4-9,16H,2-3,10-15H2,1H3,(H,23,26). The van der Waals surface area contributed by atoms with Gasteiger partial charge in [0.1, 0.15) is 5.75 Å². The van der Waals surface area contributed by atoms with E-state index >= 15 is 0 Å². The first kappa shape index (κ1) is 18.6. The molecule has 28 heavy (non-hydrogen) atoms. The largest absolute Gasteiger partial charge is 0.495 e. The maximum absolute atomic E-state index is 12.8. The average molecular weight is 381 g/mol. The SMILES string of the molecule is COc1ccc(N2CCOCC2)cc1NC(=O)c1ccc(N2CCCC2)cc1. The molecule has 2 fully saturated rings. The minimum absolute atomic E-state index is 0.134. The molecule has 2 saturated heterocycles. The molecule has 0 atom stereocenters. The van der Waals surface area contributed by atoms with Crippen LogP contribution in [0.3, 0.4) is 0 Å². The van der Waals surface area contributed by atoms with Crippen molar-refractivity contribution >= 4 is 23.0 Å². The van der Waals surface area contributed by atoms with Crippen LogP contribution in [0.4, 0.5) is 17.1 Å². The third-order valence-corrected chi connectivity index (χ3v) is 5.41. The second kappa shape index (κ2) is 8.52. The van der Waals surface area contributed by atoms with Gasteiger partial charge in [0.05, 0.1) is 26.0 Å². The van der Waals surface area contributed by atoms with Crippen LogP contribution >= 0.6 is 0 Å². The Hall–Kier alpha value is -2.73. The van der Waals surface area contributed by atoms with Gasteiger partial charge in [-0.2, -0.15) is 0 Å². The van der Waals surface area contributed by atoms with Crippen molar-refractivity contribution in [2.75, 3.05) is 61.6 Å². The van der Waals surface area contributed by atoms with Crippen LogP contribution < -0.4 is 19.9 Å². The molecule has 2 aromatic carbocycles. The number of morpholine rings is 1. The van der Waals surface area contributed by atoms with E-state index in [9.17, 15) is 4.79 Å². The van der Waals surface area contributed by atoms with Crippen LogP contribution in [0.1, 0.15) is 23.2 Å². The minimum atomic E-state index is -0.134. The van der Waals surface area contributed by atoms with E-state index in [-0.39, 0.29) is 5.91 Å². The Balaban J connectivity index is 1.49. The number of carbonyl (C=O) groups is 1. The molecule has 6 heteroatoms. The number of rotatable bonds is 5. The summed E-state index contributed by atoms with van der Waals surface area (Å²) in [6.45, 7) is 5.32. The maximum Gasteiger partial charge on any atom is 0.255 e. The second-order valence-corrected chi connectivity index (χ2v) is 7.18. The minimum Gasteiger partial charge on any atom is -0.495 e. The fourth-order valence-corrected chi connectivity index (χ4v) is 3.81. The van der Waals surface area contributed by atoms with Gasteiger partial charge in [-0.3, -0.25) is 4.79 Å². The van der Waals surface area contributed by atoms with Crippen LogP contribution in [-0.2, 0) is 4.74 Å². The van der Waals surface area contributed by atoms with E-state index in [0.717, 1.165) is 45.1 Å². The van der Waals surface area contributed by atoms with Crippen LogP contribution in [0.15, 0.2) is 42.5 Å². The van der Waals surface area contributed by atoms with Gasteiger partial charge in [-0.05, 0) is 55.3 Å². The first-order chi connectivity index (χ1) is 13.7. The molecule has 2 aliphatic rings. The fourth-order valence-electron chi connectivity index (χ4n) is 3.81. The second-order valence-electron chi connectivity index (χ2n) is 7.18. The van der Waals surface area contributed by atoms with E-state index < -0.39 is 0 Å². The van der Waals surface area contributed by atoms with Crippen LogP contribution in [0.2, 0.25) is 0 Å². The summed E-state index contributed by atoms with van der Waals surface area (Å²) >= 11 is 0. The number of hydrogen-bond acceptors (Lipinski definition) is 5. The molecular weight excluding hydrogens is 354 g/mol. The molecule has 1 amide bonds. The molecule has 0 aromatic heterocycles. The Morgan fingerprint density at radius 2 is 1.57 bits per heavy atom. The molecule has 0 aliphatic carbocycles. The Bertz CT molecular complexity index is 810. The third kappa shape index (κ3) is 4.07. The monoisotopic (exact) mass is 381 g/mol. The van der Waals surface area contributed by atoms with Gasteiger partial charge in [0.2, 0.25) is 0 Å². The van der Waals surface area contributed by atoms with Crippen molar-refractivity contribution in [2.24, 2.45) is 0 Å². The maximum atomic E-state index is 12.8. The molecular formula is C22H27N3O3. The summed E-state index contributed by atoms with van der Waals surface area (Å²) in [7, 11) is 1.62. The van der Waals surface area contributed by atoms with Crippen LogP contribution in [-0.4, -0.2) is 52.4 Å². The van der Waals surface area contributed by atoms with Crippen molar-refractivity contribution in [3.8, 4) is 5.75 Å². The number of methoxy groups -OCH3 is 1. The Morgan fingerprint density at radius 3 is 2.25 bits per heavy atom. The zero-order valence-electron chi connectivity index (χ0n) is 16.3. The number of nitrogens with one attached hydrogen (secondary N) is 1. The summed E-state index contributed by atoms with van der Waals surface area (Å²) in [5.41, 5.74) is 3.56. The summed E-state index contributed by atoms with van der Waals surface area (Å²) in [5.74, 6) is 0.518. The van der Waals surface area contributed by atoms with Crippen LogP contribution in [0.5, 0.6) is 5.75 Å². The predicted octanol–water partition coefficient (Wildman–Crippen LogP) is 3.38. The molecule has 1 N–H and O–H groups in total. The summed E-state index contributed by atoms with van der Waals surface area (Å²) in [6, 6.07) is 13.7. The Labute approximate surface area is 166 Å². The lowest BCUT2D eigenvalue weighted by molar-refractivity contribution is 0.102. The molecule has 4 rings (SSSR count). The molecule has 148 valence electrons.